The average Bonchev–Trinajstić information content (AvgIpc) is 3.00. The Morgan fingerprint density at radius 1 is 1.29 bits per heavy atom. The summed E-state index contributed by atoms with van der Waals surface area (Å²) < 4.78 is 30.4. The van der Waals surface area contributed by atoms with Crippen LogP contribution in [0.1, 0.15) is 17.5 Å². The Morgan fingerprint density at radius 3 is 2.71 bits per heavy atom. The van der Waals surface area contributed by atoms with Gasteiger partial charge in [-0.15, -0.1) is 0 Å². The molecule has 8 heteroatoms. The van der Waals surface area contributed by atoms with Gasteiger partial charge in [0, 0.05) is 22.1 Å². The Kier molecular flexibility index (Phi) is 6.68. The molecule has 28 heavy (non-hydrogen) atoms. The van der Waals surface area contributed by atoms with Crippen LogP contribution in [0.2, 0.25) is 5.02 Å². The Hall–Kier alpha value is -1.57. The zero-order valence-electron chi connectivity index (χ0n) is 15.4. The van der Waals surface area contributed by atoms with Crippen LogP contribution in [0.4, 0.5) is 0 Å². The van der Waals surface area contributed by atoms with Gasteiger partial charge in [-0.3, -0.25) is 4.79 Å². The van der Waals surface area contributed by atoms with Crippen molar-refractivity contribution in [3.05, 3.63) is 63.1 Å². The molecule has 0 aliphatic carbocycles. The lowest BCUT2D eigenvalue weighted by atomic mass is 10.1. The van der Waals surface area contributed by atoms with E-state index in [2.05, 4.69) is 15.9 Å². The van der Waals surface area contributed by atoms with Crippen molar-refractivity contribution < 1.29 is 17.9 Å². The molecule has 0 spiro atoms. The lowest BCUT2D eigenvalue weighted by Gasteiger charge is -2.28. The summed E-state index contributed by atoms with van der Waals surface area (Å²) in [5.41, 5.74) is 1.79. The standard InChI is InChI=1S/C20H21BrClNO4S/c1-14-9-18(5-6-19(14)22)27-12-20(24)23(17-7-8-28(25,26)13-17)11-15-3-2-4-16(21)10-15/h2-6,9-10,17H,7-8,11-13H2,1H3/t17-/m0/s1. The fraction of sp³-hybridized carbons (Fsp3) is 0.350. The Bertz CT molecular complexity index is 980. The number of rotatable bonds is 6. The largest absolute Gasteiger partial charge is 0.484 e. The van der Waals surface area contributed by atoms with Crippen molar-refractivity contribution in [1.82, 2.24) is 4.90 Å². The highest BCUT2D eigenvalue weighted by molar-refractivity contribution is 9.10. The van der Waals surface area contributed by atoms with Gasteiger partial charge in [-0.05, 0) is 54.8 Å². The maximum atomic E-state index is 12.9. The van der Waals surface area contributed by atoms with Crippen molar-refractivity contribution >= 4 is 43.3 Å². The minimum absolute atomic E-state index is 0.00715. The van der Waals surface area contributed by atoms with E-state index in [0.717, 1.165) is 15.6 Å². The molecule has 1 aliphatic heterocycles. The molecule has 150 valence electrons. The molecule has 1 heterocycles. The van der Waals surface area contributed by atoms with E-state index < -0.39 is 9.84 Å². The van der Waals surface area contributed by atoms with Crippen molar-refractivity contribution in [1.29, 1.82) is 0 Å². The minimum Gasteiger partial charge on any atom is -0.484 e. The number of carbonyl (C=O) groups is 1. The number of benzene rings is 2. The molecule has 1 amide bonds. The van der Waals surface area contributed by atoms with E-state index in [1.54, 1.807) is 23.1 Å². The molecule has 2 aromatic rings. The number of sulfone groups is 1. The molecule has 0 aromatic heterocycles. The van der Waals surface area contributed by atoms with Crippen LogP contribution in [0.25, 0.3) is 0 Å². The van der Waals surface area contributed by atoms with Crippen LogP contribution >= 0.6 is 27.5 Å². The molecule has 1 atom stereocenters. The monoisotopic (exact) mass is 485 g/mol. The van der Waals surface area contributed by atoms with E-state index in [1.807, 2.05) is 31.2 Å². The van der Waals surface area contributed by atoms with E-state index in [-0.39, 0.29) is 30.1 Å². The van der Waals surface area contributed by atoms with Gasteiger partial charge in [0.1, 0.15) is 5.75 Å². The molecular weight excluding hydrogens is 466 g/mol. The zero-order chi connectivity index (χ0) is 20.3. The molecule has 1 fully saturated rings. The van der Waals surface area contributed by atoms with Crippen LogP contribution in [0.5, 0.6) is 5.75 Å². The molecular formula is C20H21BrClNO4S. The Morgan fingerprint density at radius 2 is 2.07 bits per heavy atom. The lowest BCUT2D eigenvalue weighted by Crippen LogP contribution is -2.43. The summed E-state index contributed by atoms with van der Waals surface area (Å²) in [4.78, 5) is 14.5. The normalized spacial score (nSPS) is 18.0. The second-order valence-corrected chi connectivity index (χ2v) is 10.5. The van der Waals surface area contributed by atoms with Crippen LogP contribution < -0.4 is 4.74 Å². The number of amides is 1. The summed E-state index contributed by atoms with van der Waals surface area (Å²) in [6.45, 7) is 2.03. The topological polar surface area (TPSA) is 63.7 Å². The van der Waals surface area contributed by atoms with Gasteiger partial charge < -0.3 is 9.64 Å². The van der Waals surface area contributed by atoms with Crippen molar-refractivity contribution in [3.63, 3.8) is 0 Å². The van der Waals surface area contributed by atoms with E-state index in [1.165, 1.54) is 0 Å². The van der Waals surface area contributed by atoms with E-state index in [9.17, 15) is 13.2 Å². The van der Waals surface area contributed by atoms with Crippen LogP contribution in [-0.2, 0) is 21.2 Å². The predicted octanol–water partition coefficient (Wildman–Crippen LogP) is 4.01. The summed E-state index contributed by atoms with van der Waals surface area (Å²) >= 11 is 9.45. The zero-order valence-corrected chi connectivity index (χ0v) is 18.6. The number of carbonyl (C=O) groups excluding carboxylic acids is 1. The molecule has 2 aromatic carbocycles. The van der Waals surface area contributed by atoms with Gasteiger partial charge >= 0.3 is 0 Å². The van der Waals surface area contributed by atoms with E-state index in [4.69, 9.17) is 16.3 Å². The number of aryl methyl sites for hydroxylation is 1. The number of halogens is 2. The molecule has 0 N–H and O–H groups in total. The van der Waals surface area contributed by atoms with E-state index >= 15 is 0 Å². The van der Waals surface area contributed by atoms with Crippen LogP contribution in [0.15, 0.2) is 46.9 Å². The van der Waals surface area contributed by atoms with Gasteiger partial charge in [0.2, 0.25) is 0 Å². The number of ether oxygens (including phenoxy) is 1. The summed E-state index contributed by atoms with van der Waals surface area (Å²) in [5.74, 6) is 0.413. The van der Waals surface area contributed by atoms with Crippen LogP contribution in [0, 0.1) is 6.92 Å². The molecule has 0 bridgehead atoms. The third-order valence-electron chi connectivity index (χ3n) is 4.70. The van der Waals surface area contributed by atoms with Gasteiger partial charge in [0.05, 0.1) is 11.5 Å². The Balaban J connectivity index is 1.75. The second-order valence-electron chi connectivity index (χ2n) is 6.91. The number of hydrogen-bond acceptors (Lipinski definition) is 4. The lowest BCUT2D eigenvalue weighted by molar-refractivity contribution is -0.136. The van der Waals surface area contributed by atoms with Gasteiger partial charge in [-0.1, -0.05) is 39.7 Å². The quantitative estimate of drug-likeness (QED) is 0.619. The first kappa shape index (κ1) is 21.1. The third kappa shape index (κ3) is 5.49. The summed E-state index contributed by atoms with van der Waals surface area (Å²) in [6, 6.07) is 12.5. The van der Waals surface area contributed by atoms with E-state index in [0.29, 0.717) is 23.7 Å². The SMILES string of the molecule is Cc1cc(OCC(=O)N(Cc2cccc(Br)c2)[C@H]2CCS(=O)(=O)C2)ccc1Cl. The second kappa shape index (κ2) is 8.84. The average molecular weight is 487 g/mol. The van der Waals surface area contributed by atoms with Gasteiger partial charge in [-0.25, -0.2) is 8.42 Å². The molecule has 0 radical (unpaired) electrons. The molecule has 3 rings (SSSR count). The van der Waals surface area contributed by atoms with Crippen molar-refractivity contribution in [2.24, 2.45) is 0 Å². The van der Waals surface area contributed by atoms with Crippen LogP contribution in [-0.4, -0.2) is 43.4 Å². The molecule has 1 aliphatic rings. The minimum atomic E-state index is -3.11. The predicted molar refractivity (Wildman–Crippen MR) is 113 cm³/mol. The highest BCUT2D eigenvalue weighted by Crippen LogP contribution is 2.23. The summed E-state index contributed by atoms with van der Waals surface area (Å²) in [7, 11) is -3.11. The number of nitrogens with zero attached hydrogens (tertiary/aromatic N) is 1. The molecule has 0 saturated carbocycles. The van der Waals surface area contributed by atoms with Gasteiger partial charge in [-0.2, -0.15) is 0 Å². The highest BCUT2D eigenvalue weighted by Gasteiger charge is 2.34. The van der Waals surface area contributed by atoms with Crippen molar-refractivity contribution in [3.8, 4) is 5.75 Å². The maximum Gasteiger partial charge on any atom is 0.261 e. The van der Waals surface area contributed by atoms with Gasteiger partial charge in [0.15, 0.2) is 16.4 Å². The van der Waals surface area contributed by atoms with Gasteiger partial charge in [0.25, 0.3) is 5.91 Å². The molecule has 5 nitrogen and oxygen atoms in total. The number of hydrogen-bond donors (Lipinski definition) is 0. The first-order valence-electron chi connectivity index (χ1n) is 8.87. The molecule has 0 unspecified atom stereocenters. The first-order valence-corrected chi connectivity index (χ1v) is 11.9. The fourth-order valence-electron chi connectivity index (χ4n) is 3.21. The van der Waals surface area contributed by atoms with Crippen molar-refractivity contribution in [2.75, 3.05) is 18.1 Å². The molecule has 1 saturated heterocycles. The summed E-state index contributed by atoms with van der Waals surface area (Å²) in [5, 5.41) is 0.631. The fourth-order valence-corrected chi connectivity index (χ4v) is 5.50. The first-order chi connectivity index (χ1) is 13.2. The third-order valence-corrected chi connectivity index (χ3v) is 7.37. The van der Waals surface area contributed by atoms with Crippen LogP contribution in [0.3, 0.4) is 0 Å². The summed E-state index contributed by atoms with van der Waals surface area (Å²) in [6.07, 6.45) is 0.447. The van der Waals surface area contributed by atoms with Crippen molar-refractivity contribution in [2.45, 2.75) is 25.9 Å². The maximum absolute atomic E-state index is 12.9. The smallest absolute Gasteiger partial charge is 0.261 e. The highest BCUT2D eigenvalue weighted by atomic mass is 79.9. The Labute approximate surface area is 178 Å².